The fourth-order valence-corrected chi connectivity index (χ4v) is 3.75. The average molecular weight is 398 g/mol. The van der Waals surface area contributed by atoms with Crippen LogP contribution < -0.4 is 9.47 Å². The zero-order valence-electron chi connectivity index (χ0n) is 15.7. The minimum absolute atomic E-state index is 0.217. The molecular weight excluding hydrogens is 374 g/mol. The minimum atomic E-state index is -0.614. The number of ether oxygens (including phenoxy) is 2. The Bertz CT molecular complexity index is 895. The SMILES string of the molecule is COc1ccc(OCC(O)CSc2nnc(C3CC3)n2-c2ccccc2)cc1. The largest absolute Gasteiger partial charge is 0.497 e. The molecule has 6 nitrogen and oxygen atoms in total. The molecule has 4 rings (SSSR count). The highest BCUT2D eigenvalue weighted by Gasteiger charge is 2.31. The highest BCUT2D eigenvalue weighted by molar-refractivity contribution is 7.99. The fraction of sp³-hybridized carbons (Fsp3) is 0.333. The molecule has 1 saturated carbocycles. The van der Waals surface area contributed by atoms with E-state index in [1.165, 1.54) is 11.8 Å². The quantitative estimate of drug-likeness (QED) is 0.556. The summed E-state index contributed by atoms with van der Waals surface area (Å²) in [7, 11) is 1.62. The lowest BCUT2D eigenvalue weighted by atomic mass is 10.3. The molecule has 146 valence electrons. The van der Waals surface area contributed by atoms with Crippen LogP contribution >= 0.6 is 11.8 Å². The summed E-state index contributed by atoms with van der Waals surface area (Å²) in [4.78, 5) is 0. The van der Waals surface area contributed by atoms with Gasteiger partial charge in [0.1, 0.15) is 23.9 Å². The third-order valence-corrected chi connectivity index (χ3v) is 5.60. The number of aliphatic hydroxyl groups is 1. The second-order valence-electron chi connectivity index (χ2n) is 6.74. The monoisotopic (exact) mass is 397 g/mol. The van der Waals surface area contributed by atoms with Crippen molar-refractivity contribution in [1.82, 2.24) is 14.8 Å². The number of aromatic nitrogens is 3. The van der Waals surface area contributed by atoms with Crippen molar-refractivity contribution in [3.63, 3.8) is 0 Å². The van der Waals surface area contributed by atoms with Gasteiger partial charge < -0.3 is 14.6 Å². The normalized spacial score (nSPS) is 14.6. The average Bonchev–Trinajstić information content (AvgIpc) is 3.51. The van der Waals surface area contributed by atoms with Crippen molar-refractivity contribution in [2.24, 2.45) is 0 Å². The van der Waals surface area contributed by atoms with Crippen LogP contribution in [0.3, 0.4) is 0 Å². The van der Waals surface area contributed by atoms with Gasteiger partial charge >= 0.3 is 0 Å². The van der Waals surface area contributed by atoms with Gasteiger partial charge in [-0.25, -0.2) is 0 Å². The second kappa shape index (κ2) is 8.67. The van der Waals surface area contributed by atoms with Gasteiger partial charge in [0, 0.05) is 17.4 Å². The van der Waals surface area contributed by atoms with Crippen LogP contribution in [0.25, 0.3) is 5.69 Å². The van der Waals surface area contributed by atoms with Crippen molar-refractivity contribution in [3.05, 3.63) is 60.4 Å². The molecule has 1 aliphatic rings. The van der Waals surface area contributed by atoms with Gasteiger partial charge in [-0.2, -0.15) is 0 Å². The Balaban J connectivity index is 1.37. The molecule has 0 saturated heterocycles. The highest BCUT2D eigenvalue weighted by atomic mass is 32.2. The van der Waals surface area contributed by atoms with Crippen LogP contribution in [0.4, 0.5) is 0 Å². The maximum atomic E-state index is 10.3. The third kappa shape index (κ3) is 4.48. The lowest BCUT2D eigenvalue weighted by Gasteiger charge is -2.13. The van der Waals surface area contributed by atoms with Gasteiger partial charge in [-0.05, 0) is 49.2 Å². The van der Waals surface area contributed by atoms with Crippen LogP contribution in [-0.2, 0) is 0 Å². The maximum Gasteiger partial charge on any atom is 0.195 e. The van der Waals surface area contributed by atoms with Crippen molar-refractivity contribution in [2.45, 2.75) is 30.0 Å². The van der Waals surface area contributed by atoms with Crippen LogP contribution in [0, 0.1) is 0 Å². The number of rotatable bonds is 9. The molecule has 1 unspecified atom stereocenters. The van der Waals surface area contributed by atoms with Crippen LogP contribution in [0.1, 0.15) is 24.6 Å². The summed E-state index contributed by atoms with van der Waals surface area (Å²) in [5.41, 5.74) is 1.06. The van der Waals surface area contributed by atoms with Crippen molar-refractivity contribution in [3.8, 4) is 17.2 Å². The zero-order valence-corrected chi connectivity index (χ0v) is 16.5. The van der Waals surface area contributed by atoms with E-state index in [1.54, 1.807) is 7.11 Å². The molecule has 1 fully saturated rings. The molecule has 0 radical (unpaired) electrons. The molecule has 1 atom stereocenters. The Labute approximate surface area is 168 Å². The standard InChI is InChI=1S/C21H23N3O3S/c1-26-18-9-11-19(12-10-18)27-13-17(25)14-28-21-23-22-20(15-7-8-15)24(21)16-5-3-2-4-6-16/h2-6,9-12,15,17,25H,7-8,13-14H2,1H3. The number of methoxy groups -OCH3 is 1. The number of para-hydroxylation sites is 1. The van der Waals surface area contributed by atoms with Gasteiger partial charge in [-0.3, -0.25) is 4.57 Å². The number of benzene rings is 2. The molecule has 7 heteroatoms. The number of hydrogen-bond donors (Lipinski definition) is 1. The van der Waals surface area contributed by atoms with E-state index in [1.807, 2.05) is 42.5 Å². The Morgan fingerprint density at radius 3 is 2.46 bits per heavy atom. The second-order valence-corrected chi connectivity index (χ2v) is 7.72. The highest BCUT2D eigenvalue weighted by Crippen LogP contribution is 2.41. The van der Waals surface area contributed by atoms with Gasteiger partial charge in [0.05, 0.1) is 13.2 Å². The van der Waals surface area contributed by atoms with E-state index in [2.05, 4.69) is 26.9 Å². The maximum absolute atomic E-state index is 10.3. The fourth-order valence-electron chi connectivity index (χ4n) is 2.88. The van der Waals surface area contributed by atoms with Crippen molar-refractivity contribution < 1.29 is 14.6 Å². The van der Waals surface area contributed by atoms with Crippen LogP contribution in [0.2, 0.25) is 0 Å². The number of aliphatic hydroxyl groups excluding tert-OH is 1. The van der Waals surface area contributed by atoms with Gasteiger partial charge in [0.2, 0.25) is 0 Å². The smallest absolute Gasteiger partial charge is 0.195 e. The summed E-state index contributed by atoms with van der Waals surface area (Å²) in [5.74, 6) is 3.46. The molecule has 0 amide bonds. The first-order chi connectivity index (χ1) is 13.7. The summed E-state index contributed by atoms with van der Waals surface area (Å²) >= 11 is 1.50. The van der Waals surface area contributed by atoms with E-state index in [0.717, 1.165) is 35.3 Å². The number of thioether (sulfide) groups is 1. The molecule has 1 aliphatic carbocycles. The summed E-state index contributed by atoms with van der Waals surface area (Å²) < 4.78 is 12.9. The van der Waals surface area contributed by atoms with Crippen LogP contribution in [0.5, 0.6) is 11.5 Å². The lowest BCUT2D eigenvalue weighted by molar-refractivity contribution is 0.126. The minimum Gasteiger partial charge on any atom is -0.497 e. The molecule has 0 spiro atoms. The van der Waals surface area contributed by atoms with E-state index in [0.29, 0.717) is 17.4 Å². The third-order valence-electron chi connectivity index (χ3n) is 4.52. The van der Waals surface area contributed by atoms with Gasteiger partial charge in [-0.1, -0.05) is 30.0 Å². The van der Waals surface area contributed by atoms with Crippen LogP contribution in [0.15, 0.2) is 59.8 Å². The Kier molecular flexibility index (Phi) is 5.83. The van der Waals surface area contributed by atoms with E-state index in [9.17, 15) is 5.11 Å². The Morgan fingerprint density at radius 1 is 1.07 bits per heavy atom. The molecule has 1 aromatic heterocycles. The topological polar surface area (TPSA) is 69.4 Å². The molecule has 0 aliphatic heterocycles. The molecule has 1 N–H and O–H groups in total. The number of hydrogen-bond acceptors (Lipinski definition) is 6. The first kappa shape index (κ1) is 18.8. The van der Waals surface area contributed by atoms with Crippen LogP contribution in [-0.4, -0.2) is 45.4 Å². The first-order valence-corrected chi connectivity index (χ1v) is 10.3. The van der Waals surface area contributed by atoms with Crippen molar-refractivity contribution in [1.29, 1.82) is 0 Å². The lowest BCUT2D eigenvalue weighted by Crippen LogP contribution is -2.20. The molecule has 0 bridgehead atoms. The zero-order chi connectivity index (χ0) is 19.3. The van der Waals surface area contributed by atoms with Crippen molar-refractivity contribution in [2.75, 3.05) is 19.5 Å². The van der Waals surface area contributed by atoms with E-state index in [-0.39, 0.29) is 6.61 Å². The van der Waals surface area contributed by atoms with Gasteiger partial charge in [-0.15, -0.1) is 10.2 Å². The molecule has 1 heterocycles. The summed E-state index contributed by atoms with van der Waals surface area (Å²) in [5, 5.41) is 19.9. The summed E-state index contributed by atoms with van der Waals surface area (Å²) in [6.45, 7) is 0.217. The number of nitrogens with zero attached hydrogens (tertiary/aromatic N) is 3. The molecule has 3 aromatic rings. The predicted molar refractivity (Wildman–Crippen MR) is 109 cm³/mol. The van der Waals surface area contributed by atoms with E-state index < -0.39 is 6.10 Å². The predicted octanol–water partition coefficient (Wildman–Crippen LogP) is 3.69. The summed E-state index contributed by atoms with van der Waals surface area (Å²) in [6.07, 6.45) is 1.71. The van der Waals surface area contributed by atoms with Gasteiger partial charge in [0.25, 0.3) is 0 Å². The molecular formula is C21H23N3O3S. The molecule has 28 heavy (non-hydrogen) atoms. The van der Waals surface area contributed by atoms with Gasteiger partial charge in [0.15, 0.2) is 5.16 Å². The van der Waals surface area contributed by atoms with Crippen molar-refractivity contribution >= 4 is 11.8 Å². The van der Waals surface area contributed by atoms with E-state index >= 15 is 0 Å². The first-order valence-electron chi connectivity index (χ1n) is 9.33. The summed E-state index contributed by atoms with van der Waals surface area (Å²) in [6, 6.07) is 17.5. The molecule has 2 aromatic carbocycles. The van der Waals surface area contributed by atoms with E-state index in [4.69, 9.17) is 9.47 Å². The Morgan fingerprint density at radius 2 is 1.79 bits per heavy atom. The Hall–Kier alpha value is -2.51.